The lowest BCUT2D eigenvalue weighted by atomic mass is 9.94. The van der Waals surface area contributed by atoms with Gasteiger partial charge in [-0.2, -0.15) is 10.4 Å². The molecule has 186 valence electrons. The summed E-state index contributed by atoms with van der Waals surface area (Å²) in [6.07, 6.45) is 1.41. The molecule has 0 aliphatic rings. The van der Waals surface area contributed by atoms with Gasteiger partial charge >= 0.3 is 5.82 Å². The van der Waals surface area contributed by atoms with Crippen LogP contribution in [0, 0.1) is 33.1 Å². The standard InChI is InChI=1S/C24H15BrF2N6O4/c1-12(37-20-6-13(25)11-30-24(20)33(35)36)17-7-14(26)8-18(27)21(17)22-16(4-3-5-29-22)23(34)19-9-15(10-28)31-32(19)2/h3-9,11-12H,1-2H3/t12-/m1/s1. The lowest BCUT2D eigenvalue weighted by Gasteiger charge is -2.20. The van der Waals surface area contributed by atoms with Crippen LogP contribution in [0.2, 0.25) is 0 Å². The molecular formula is C24H15BrF2N6O4. The molecule has 13 heteroatoms. The lowest BCUT2D eigenvalue weighted by molar-refractivity contribution is -0.390. The molecule has 10 nitrogen and oxygen atoms in total. The third-order valence-electron chi connectivity index (χ3n) is 5.32. The van der Waals surface area contributed by atoms with Crippen molar-refractivity contribution >= 4 is 27.5 Å². The van der Waals surface area contributed by atoms with Gasteiger partial charge in [0.1, 0.15) is 29.5 Å². The molecule has 0 saturated carbocycles. The van der Waals surface area contributed by atoms with E-state index in [1.807, 2.05) is 6.07 Å². The maximum atomic E-state index is 15.3. The molecule has 0 N–H and O–H groups in total. The van der Waals surface area contributed by atoms with E-state index in [0.29, 0.717) is 10.5 Å². The van der Waals surface area contributed by atoms with Crippen LogP contribution < -0.4 is 4.74 Å². The molecule has 4 rings (SSSR count). The number of aromatic nitrogens is 4. The normalized spacial score (nSPS) is 11.6. The summed E-state index contributed by atoms with van der Waals surface area (Å²) in [5, 5.41) is 24.5. The number of hydrogen-bond donors (Lipinski definition) is 0. The van der Waals surface area contributed by atoms with Crippen LogP contribution in [0.4, 0.5) is 14.6 Å². The van der Waals surface area contributed by atoms with Gasteiger partial charge in [-0.25, -0.2) is 8.78 Å². The largest absolute Gasteiger partial charge is 0.478 e. The summed E-state index contributed by atoms with van der Waals surface area (Å²) in [6, 6.07) is 8.95. The Balaban J connectivity index is 1.85. The molecule has 0 aliphatic heterocycles. The van der Waals surface area contributed by atoms with Gasteiger partial charge in [-0.3, -0.25) is 14.5 Å². The Morgan fingerprint density at radius 3 is 2.70 bits per heavy atom. The number of nitriles is 1. The van der Waals surface area contributed by atoms with E-state index in [2.05, 4.69) is 31.0 Å². The Hall–Kier alpha value is -4.57. The van der Waals surface area contributed by atoms with Crippen LogP contribution in [-0.4, -0.2) is 30.5 Å². The number of aryl methyl sites for hydroxylation is 1. The highest BCUT2D eigenvalue weighted by Gasteiger charge is 2.28. The van der Waals surface area contributed by atoms with E-state index >= 15 is 4.39 Å². The number of rotatable bonds is 7. The highest BCUT2D eigenvalue weighted by Crippen LogP contribution is 2.37. The lowest BCUT2D eigenvalue weighted by Crippen LogP contribution is -2.13. The van der Waals surface area contributed by atoms with Gasteiger partial charge in [0.15, 0.2) is 11.9 Å². The van der Waals surface area contributed by atoms with Crippen LogP contribution in [0.3, 0.4) is 0 Å². The number of nitrogens with zero attached hydrogens (tertiary/aromatic N) is 6. The Labute approximate surface area is 216 Å². The molecule has 0 fully saturated rings. The van der Waals surface area contributed by atoms with Crippen LogP contribution in [0.15, 0.2) is 53.3 Å². The number of carbonyl (C=O) groups excluding carboxylic acids is 1. The molecule has 0 bridgehead atoms. The minimum absolute atomic E-state index is 0.0104. The molecule has 37 heavy (non-hydrogen) atoms. The average molecular weight is 569 g/mol. The first-order chi connectivity index (χ1) is 17.6. The van der Waals surface area contributed by atoms with Crippen LogP contribution in [0.25, 0.3) is 11.3 Å². The molecule has 1 atom stereocenters. The van der Waals surface area contributed by atoms with E-state index < -0.39 is 34.3 Å². The molecule has 3 aromatic heterocycles. The Morgan fingerprint density at radius 1 is 1.27 bits per heavy atom. The molecule has 0 aliphatic carbocycles. The molecule has 0 unspecified atom stereocenters. The van der Waals surface area contributed by atoms with Crippen molar-refractivity contribution in [2.24, 2.45) is 7.05 Å². The van der Waals surface area contributed by atoms with Gasteiger partial charge in [-0.05, 0) is 51.0 Å². The topological polar surface area (TPSA) is 137 Å². The molecule has 0 radical (unpaired) electrons. The van der Waals surface area contributed by atoms with Crippen molar-refractivity contribution in [3.63, 3.8) is 0 Å². The van der Waals surface area contributed by atoms with Crippen LogP contribution in [0.1, 0.15) is 40.3 Å². The fourth-order valence-electron chi connectivity index (χ4n) is 3.72. The zero-order valence-electron chi connectivity index (χ0n) is 19.1. The smallest absolute Gasteiger partial charge is 0.406 e. The molecule has 0 spiro atoms. The number of hydrogen-bond acceptors (Lipinski definition) is 8. The third kappa shape index (κ3) is 5.05. The number of carbonyl (C=O) groups is 1. The fraction of sp³-hybridized carbons (Fsp3) is 0.125. The Morgan fingerprint density at radius 2 is 2.03 bits per heavy atom. The average Bonchev–Trinajstić information content (AvgIpc) is 3.23. The summed E-state index contributed by atoms with van der Waals surface area (Å²) in [4.78, 5) is 31.9. The van der Waals surface area contributed by atoms with Crippen molar-refractivity contribution in [3.05, 3.63) is 97.5 Å². The minimum Gasteiger partial charge on any atom is -0.478 e. The highest BCUT2D eigenvalue weighted by molar-refractivity contribution is 9.10. The van der Waals surface area contributed by atoms with Gasteiger partial charge in [-0.15, -0.1) is 0 Å². The summed E-state index contributed by atoms with van der Waals surface area (Å²) in [6.45, 7) is 1.44. The highest BCUT2D eigenvalue weighted by atomic mass is 79.9. The first kappa shape index (κ1) is 25.5. The SMILES string of the molecule is C[C@@H](Oc1cc(Br)cnc1[N+](=O)[O-])c1cc(F)cc(F)c1-c1ncccc1C(=O)c1cc(C#N)nn1C. The van der Waals surface area contributed by atoms with E-state index in [1.165, 1.54) is 55.3 Å². The second-order valence-corrected chi connectivity index (χ2v) is 8.64. The van der Waals surface area contributed by atoms with Crippen LogP contribution >= 0.6 is 15.9 Å². The molecule has 1 aromatic carbocycles. The Kier molecular flexibility index (Phi) is 7.03. The maximum absolute atomic E-state index is 15.3. The van der Waals surface area contributed by atoms with Gasteiger partial charge in [-0.1, -0.05) is 0 Å². The van der Waals surface area contributed by atoms with Gasteiger partial charge in [0, 0.05) is 42.6 Å². The molecule has 4 aromatic rings. The van der Waals surface area contributed by atoms with Crippen molar-refractivity contribution in [3.8, 4) is 23.1 Å². The van der Waals surface area contributed by atoms with Gasteiger partial charge in [0.25, 0.3) is 0 Å². The minimum atomic E-state index is -1.14. The summed E-state index contributed by atoms with van der Waals surface area (Å²) >= 11 is 3.17. The van der Waals surface area contributed by atoms with E-state index in [-0.39, 0.29) is 39.5 Å². The maximum Gasteiger partial charge on any atom is 0.406 e. The first-order valence-electron chi connectivity index (χ1n) is 10.5. The first-order valence-corrected chi connectivity index (χ1v) is 11.3. The predicted octanol–water partition coefficient (Wildman–Crippen LogP) is 5.07. The van der Waals surface area contributed by atoms with Crippen molar-refractivity contribution in [2.75, 3.05) is 0 Å². The monoisotopic (exact) mass is 568 g/mol. The Bertz CT molecular complexity index is 1600. The second-order valence-electron chi connectivity index (χ2n) is 7.72. The number of nitro groups is 1. The predicted molar refractivity (Wildman–Crippen MR) is 129 cm³/mol. The third-order valence-corrected chi connectivity index (χ3v) is 5.75. The van der Waals surface area contributed by atoms with E-state index in [9.17, 15) is 19.3 Å². The number of ether oxygens (including phenoxy) is 1. The van der Waals surface area contributed by atoms with E-state index in [1.54, 1.807) is 0 Å². The van der Waals surface area contributed by atoms with Crippen molar-refractivity contribution in [1.82, 2.24) is 19.7 Å². The number of ketones is 1. The zero-order valence-corrected chi connectivity index (χ0v) is 20.7. The molecular weight excluding hydrogens is 554 g/mol. The number of halogens is 3. The van der Waals surface area contributed by atoms with Crippen molar-refractivity contribution < 1.29 is 23.2 Å². The summed E-state index contributed by atoms with van der Waals surface area (Å²) in [5.41, 5.74) is -0.374. The van der Waals surface area contributed by atoms with Crippen LogP contribution in [0.5, 0.6) is 5.75 Å². The fourth-order valence-corrected chi connectivity index (χ4v) is 4.03. The van der Waals surface area contributed by atoms with Gasteiger partial charge < -0.3 is 14.9 Å². The summed E-state index contributed by atoms with van der Waals surface area (Å²) in [7, 11) is 1.48. The van der Waals surface area contributed by atoms with Gasteiger partial charge in [0.2, 0.25) is 11.5 Å². The quantitative estimate of drug-likeness (QED) is 0.171. The van der Waals surface area contributed by atoms with Crippen molar-refractivity contribution in [1.29, 1.82) is 5.26 Å². The summed E-state index contributed by atoms with van der Waals surface area (Å²) < 4.78 is 37.0. The van der Waals surface area contributed by atoms with Gasteiger partial charge in [0.05, 0.1) is 15.7 Å². The second kappa shape index (κ2) is 10.2. The van der Waals surface area contributed by atoms with Crippen molar-refractivity contribution in [2.45, 2.75) is 13.0 Å². The summed E-state index contributed by atoms with van der Waals surface area (Å²) in [5.74, 6) is -3.38. The molecule has 0 amide bonds. The number of benzene rings is 1. The number of pyridine rings is 2. The molecule has 3 heterocycles. The van der Waals surface area contributed by atoms with Crippen LogP contribution in [-0.2, 0) is 7.05 Å². The van der Waals surface area contributed by atoms with E-state index in [0.717, 1.165) is 6.07 Å². The molecule has 0 saturated heterocycles. The zero-order chi connectivity index (χ0) is 26.9. The van der Waals surface area contributed by atoms with E-state index in [4.69, 9.17) is 10.00 Å².